The first-order chi connectivity index (χ1) is 8.66. The number of hydrogen-bond donors (Lipinski definition) is 2. The predicted octanol–water partition coefficient (Wildman–Crippen LogP) is -0.353. The first-order valence-corrected chi connectivity index (χ1v) is 5.79. The molecule has 0 aliphatic carbocycles. The molecule has 0 heterocycles. The average molecular weight is 263 g/mol. The zero-order chi connectivity index (χ0) is 13.6. The van der Waals surface area contributed by atoms with Gasteiger partial charge in [-0.2, -0.15) is 0 Å². The standard InChI is InChI=1S/C11H21NO6/c1-16-6-7-17-5-3-2-4-12-10(13)8-18-9-11(14)15/h2-9H2,1H3,(H,12,13)(H,14,15). The van der Waals surface area contributed by atoms with Crippen molar-refractivity contribution in [2.45, 2.75) is 12.8 Å². The quantitative estimate of drug-likeness (QED) is 0.467. The van der Waals surface area contributed by atoms with Gasteiger partial charge in [0.1, 0.15) is 13.2 Å². The van der Waals surface area contributed by atoms with Crippen LogP contribution in [0.1, 0.15) is 12.8 Å². The summed E-state index contributed by atoms with van der Waals surface area (Å²) in [7, 11) is 1.62. The molecule has 7 heteroatoms. The van der Waals surface area contributed by atoms with Gasteiger partial charge in [-0.05, 0) is 12.8 Å². The monoisotopic (exact) mass is 263 g/mol. The molecule has 106 valence electrons. The van der Waals surface area contributed by atoms with E-state index in [1.807, 2.05) is 0 Å². The minimum atomic E-state index is -1.09. The Hall–Kier alpha value is -1.18. The van der Waals surface area contributed by atoms with E-state index in [0.717, 1.165) is 12.8 Å². The Morgan fingerprint density at radius 1 is 1.06 bits per heavy atom. The fraction of sp³-hybridized carbons (Fsp3) is 0.818. The second-order valence-corrected chi connectivity index (χ2v) is 3.55. The highest BCUT2D eigenvalue weighted by atomic mass is 16.5. The van der Waals surface area contributed by atoms with Gasteiger partial charge in [0.05, 0.1) is 13.2 Å². The molecule has 0 spiro atoms. The Labute approximate surface area is 106 Å². The topological polar surface area (TPSA) is 94.1 Å². The molecule has 0 aliphatic rings. The summed E-state index contributed by atoms with van der Waals surface area (Å²) in [6.07, 6.45) is 1.65. The molecule has 18 heavy (non-hydrogen) atoms. The van der Waals surface area contributed by atoms with Gasteiger partial charge in [0.2, 0.25) is 5.91 Å². The van der Waals surface area contributed by atoms with Gasteiger partial charge < -0.3 is 24.6 Å². The normalized spacial score (nSPS) is 10.3. The van der Waals surface area contributed by atoms with Crippen LogP contribution < -0.4 is 5.32 Å². The lowest BCUT2D eigenvalue weighted by atomic mass is 10.3. The highest BCUT2D eigenvalue weighted by Gasteiger charge is 2.02. The number of aliphatic carboxylic acids is 1. The van der Waals surface area contributed by atoms with E-state index in [9.17, 15) is 9.59 Å². The van der Waals surface area contributed by atoms with E-state index >= 15 is 0 Å². The van der Waals surface area contributed by atoms with Crippen molar-refractivity contribution in [1.29, 1.82) is 0 Å². The molecule has 0 bridgehead atoms. The third kappa shape index (κ3) is 12.9. The van der Waals surface area contributed by atoms with Crippen LogP contribution in [0.2, 0.25) is 0 Å². The van der Waals surface area contributed by atoms with E-state index in [1.54, 1.807) is 7.11 Å². The second-order valence-electron chi connectivity index (χ2n) is 3.55. The van der Waals surface area contributed by atoms with Crippen molar-refractivity contribution in [2.75, 3.05) is 46.7 Å². The Morgan fingerprint density at radius 2 is 1.83 bits per heavy atom. The molecule has 0 aliphatic heterocycles. The Balaban J connectivity index is 3.17. The number of carboxylic acids is 1. The number of carbonyl (C=O) groups is 2. The number of methoxy groups -OCH3 is 1. The van der Waals surface area contributed by atoms with E-state index in [4.69, 9.17) is 14.6 Å². The van der Waals surface area contributed by atoms with E-state index in [1.165, 1.54) is 0 Å². The molecule has 0 saturated heterocycles. The van der Waals surface area contributed by atoms with Gasteiger partial charge in [0, 0.05) is 20.3 Å². The maximum Gasteiger partial charge on any atom is 0.329 e. The van der Waals surface area contributed by atoms with Crippen LogP contribution in [-0.2, 0) is 23.8 Å². The predicted molar refractivity (Wildman–Crippen MR) is 63.4 cm³/mol. The van der Waals surface area contributed by atoms with Crippen LogP contribution in [0, 0.1) is 0 Å². The lowest BCUT2D eigenvalue weighted by Crippen LogP contribution is -2.29. The number of carbonyl (C=O) groups excluding carboxylic acids is 1. The van der Waals surface area contributed by atoms with Gasteiger partial charge >= 0.3 is 5.97 Å². The van der Waals surface area contributed by atoms with Crippen LogP contribution in [0.25, 0.3) is 0 Å². The fourth-order valence-electron chi connectivity index (χ4n) is 1.08. The number of ether oxygens (including phenoxy) is 3. The molecule has 0 fully saturated rings. The van der Waals surface area contributed by atoms with Crippen LogP contribution in [0.15, 0.2) is 0 Å². The summed E-state index contributed by atoms with van der Waals surface area (Å²) >= 11 is 0. The van der Waals surface area contributed by atoms with Crippen LogP contribution in [0.5, 0.6) is 0 Å². The Bertz CT molecular complexity index is 234. The van der Waals surface area contributed by atoms with Gasteiger partial charge in [-0.1, -0.05) is 0 Å². The molecule has 0 atom stereocenters. The smallest absolute Gasteiger partial charge is 0.329 e. The minimum absolute atomic E-state index is 0.226. The van der Waals surface area contributed by atoms with Gasteiger partial charge in [-0.25, -0.2) is 4.79 Å². The van der Waals surface area contributed by atoms with Gasteiger partial charge in [-0.15, -0.1) is 0 Å². The first kappa shape index (κ1) is 16.8. The van der Waals surface area contributed by atoms with Crippen molar-refractivity contribution >= 4 is 11.9 Å². The molecule has 2 N–H and O–H groups in total. The fourth-order valence-corrected chi connectivity index (χ4v) is 1.08. The largest absolute Gasteiger partial charge is 0.480 e. The van der Waals surface area contributed by atoms with Gasteiger partial charge in [0.15, 0.2) is 0 Å². The summed E-state index contributed by atoms with van der Waals surface area (Å²) in [6, 6.07) is 0. The number of unbranched alkanes of at least 4 members (excludes halogenated alkanes) is 1. The highest BCUT2D eigenvalue weighted by molar-refractivity contribution is 5.77. The molecule has 7 nitrogen and oxygen atoms in total. The maximum atomic E-state index is 11.1. The average Bonchev–Trinajstić information content (AvgIpc) is 2.32. The van der Waals surface area contributed by atoms with E-state index in [-0.39, 0.29) is 12.5 Å². The van der Waals surface area contributed by atoms with Crippen LogP contribution in [-0.4, -0.2) is 63.7 Å². The molecule has 0 aromatic rings. The van der Waals surface area contributed by atoms with Crippen molar-refractivity contribution in [3.05, 3.63) is 0 Å². The number of carboxylic acid groups (broad SMARTS) is 1. The summed E-state index contributed by atoms with van der Waals surface area (Å²) in [6.45, 7) is 1.64. The van der Waals surface area contributed by atoms with Crippen molar-refractivity contribution in [2.24, 2.45) is 0 Å². The lowest BCUT2D eigenvalue weighted by molar-refractivity contribution is -0.143. The molecule has 0 unspecified atom stereocenters. The van der Waals surface area contributed by atoms with E-state index in [0.29, 0.717) is 26.4 Å². The first-order valence-electron chi connectivity index (χ1n) is 5.79. The molecular formula is C11H21NO6. The van der Waals surface area contributed by atoms with Crippen molar-refractivity contribution in [1.82, 2.24) is 5.32 Å². The summed E-state index contributed by atoms with van der Waals surface area (Å²) in [5, 5.41) is 10.9. The van der Waals surface area contributed by atoms with E-state index < -0.39 is 12.6 Å². The molecule has 0 radical (unpaired) electrons. The van der Waals surface area contributed by atoms with Crippen LogP contribution >= 0.6 is 0 Å². The second kappa shape index (κ2) is 12.3. The summed E-state index contributed by atoms with van der Waals surface area (Å²) in [5.74, 6) is -1.40. The number of amides is 1. The van der Waals surface area contributed by atoms with Gasteiger partial charge in [0.25, 0.3) is 0 Å². The molecule has 0 aromatic carbocycles. The van der Waals surface area contributed by atoms with E-state index in [2.05, 4.69) is 10.1 Å². The van der Waals surface area contributed by atoms with Gasteiger partial charge in [-0.3, -0.25) is 4.79 Å². The van der Waals surface area contributed by atoms with Crippen LogP contribution in [0.4, 0.5) is 0 Å². The number of hydrogen-bond acceptors (Lipinski definition) is 5. The van der Waals surface area contributed by atoms with Crippen molar-refractivity contribution in [3.63, 3.8) is 0 Å². The summed E-state index contributed by atoms with van der Waals surface area (Å²) in [4.78, 5) is 21.2. The Morgan fingerprint density at radius 3 is 2.50 bits per heavy atom. The molecule has 0 rings (SSSR count). The maximum absolute atomic E-state index is 11.1. The van der Waals surface area contributed by atoms with Crippen molar-refractivity contribution < 1.29 is 28.9 Å². The summed E-state index contributed by atoms with van der Waals surface area (Å²) < 4.78 is 14.7. The lowest BCUT2D eigenvalue weighted by Gasteiger charge is -2.06. The highest BCUT2D eigenvalue weighted by Crippen LogP contribution is 1.89. The minimum Gasteiger partial charge on any atom is -0.480 e. The summed E-state index contributed by atoms with van der Waals surface area (Å²) in [5.41, 5.74) is 0. The molecule has 1 amide bonds. The number of rotatable bonds is 12. The molecule has 0 saturated carbocycles. The molecular weight excluding hydrogens is 242 g/mol. The SMILES string of the molecule is COCCOCCCCNC(=O)COCC(=O)O. The number of nitrogens with one attached hydrogen (secondary N) is 1. The molecule has 0 aromatic heterocycles. The third-order valence-electron chi connectivity index (χ3n) is 1.93. The Kier molecular flexibility index (Phi) is 11.5. The van der Waals surface area contributed by atoms with Crippen molar-refractivity contribution in [3.8, 4) is 0 Å². The third-order valence-corrected chi connectivity index (χ3v) is 1.93. The van der Waals surface area contributed by atoms with Crippen LogP contribution in [0.3, 0.4) is 0 Å². The zero-order valence-corrected chi connectivity index (χ0v) is 10.6. The zero-order valence-electron chi connectivity index (χ0n) is 10.6.